The van der Waals surface area contributed by atoms with Crippen LogP contribution in [0.4, 0.5) is 0 Å². The van der Waals surface area contributed by atoms with Gasteiger partial charge in [-0.15, -0.1) is 0 Å². The van der Waals surface area contributed by atoms with Crippen molar-refractivity contribution in [3.05, 3.63) is 30.3 Å². The van der Waals surface area contributed by atoms with Gasteiger partial charge in [-0.2, -0.15) is 22.9 Å². The van der Waals surface area contributed by atoms with Gasteiger partial charge in [-0.25, -0.2) is 4.79 Å². The first-order valence-electron chi connectivity index (χ1n) is 8.91. The van der Waals surface area contributed by atoms with E-state index in [2.05, 4.69) is 4.84 Å². The van der Waals surface area contributed by atoms with Gasteiger partial charge in [-0.3, -0.25) is 0 Å². The molecule has 1 unspecified atom stereocenters. The Labute approximate surface area is 154 Å². The molecule has 144 valence electrons. The van der Waals surface area contributed by atoms with Gasteiger partial charge in [0.1, 0.15) is 17.9 Å². The van der Waals surface area contributed by atoms with Crippen molar-refractivity contribution >= 4 is 16.2 Å². The number of benzene rings is 1. The lowest BCUT2D eigenvalue weighted by Gasteiger charge is -2.38. The zero-order valence-electron chi connectivity index (χ0n) is 14.6. The Morgan fingerprint density at radius 2 is 1.73 bits per heavy atom. The fraction of sp³-hybridized carbons (Fsp3) is 0.588. The second-order valence-corrected chi connectivity index (χ2v) is 8.48. The summed E-state index contributed by atoms with van der Waals surface area (Å²) >= 11 is 0. The largest absolute Gasteiger partial charge is 0.490 e. The fourth-order valence-electron chi connectivity index (χ4n) is 3.52. The normalized spacial score (nSPS) is 23.5. The number of piperidine rings is 2. The number of ether oxygens (including phenoxy) is 1. The van der Waals surface area contributed by atoms with Crippen molar-refractivity contribution in [2.45, 2.75) is 44.2 Å². The molecule has 9 heteroatoms. The highest BCUT2D eigenvalue weighted by Crippen LogP contribution is 2.26. The summed E-state index contributed by atoms with van der Waals surface area (Å²) in [6.07, 6.45) is 3.13. The van der Waals surface area contributed by atoms with E-state index in [1.54, 1.807) is 0 Å². The summed E-state index contributed by atoms with van der Waals surface area (Å²) in [7, 11) is -3.73. The topological polar surface area (TPSA) is 102 Å². The zero-order valence-corrected chi connectivity index (χ0v) is 15.4. The van der Waals surface area contributed by atoms with E-state index in [0.717, 1.165) is 18.6 Å². The molecule has 0 bridgehead atoms. The molecule has 0 aromatic heterocycles. The van der Waals surface area contributed by atoms with Gasteiger partial charge >= 0.3 is 5.97 Å². The lowest BCUT2D eigenvalue weighted by molar-refractivity contribution is -0.149. The third-order valence-corrected chi connectivity index (χ3v) is 6.96. The molecule has 3 rings (SSSR count). The second-order valence-electron chi connectivity index (χ2n) is 6.60. The van der Waals surface area contributed by atoms with E-state index in [0.29, 0.717) is 38.9 Å². The van der Waals surface area contributed by atoms with Crippen molar-refractivity contribution in [3.63, 3.8) is 0 Å². The van der Waals surface area contributed by atoms with Gasteiger partial charge < -0.3 is 9.57 Å². The molecule has 2 heterocycles. The standard InChI is InChI=1S/C17H25N3O5S/c18-25-17(21)16-8-4-5-11-20(16)26(22,23)19-12-9-15(10-13-19)24-14-6-2-1-3-7-14/h1-3,6-7,15-16H,4-5,8-13,18H2. The van der Waals surface area contributed by atoms with Crippen molar-refractivity contribution in [1.29, 1.82) is 0 Å². The maximum atomic E-state index is 13.0. The summed E-state index contributed by atoms with van der Waals surface area (Å²) < 4.78 is 34.6. The third kappa shape index (κ3) is 4.17. The van der Waals surface area contributed by atoms with Gasteiger partial charge in [0.2, 0.25) is 0 Å². The quantitative estimate of drug-likeness (QED) is 0.763. The van der Waals surface area contributed by atoms with Crippen molar-refractivity contribution in [2.24, 2.45) is 5.90 Å². The lowest BCUT2D eigenvalue weighted by Crippen LogP contribution is -2.55. The van der Waals surface area contributed by atoms with E-state index in [1.165, 1.54) is 8.61 Å². The first kappa shape index (κ1) is 19.1. The molecule has 1 aromatic rings. The lowest BCUT2D eigenvalue weighted by atomic mass is 10.1. The molecule has 2 saturated heterocycles. The molecular weight excluding hydrogens is 358 g/mol. The smallest absolute Gasteiger partial charge is 0.342 e. The van der Waals surface area contributed by atoms with Gasteiger partial charge in [0.15, 0.2) is 0 Å². The summed E-state index contributed by atoms with van der Waals surface area (Å²) in [4.78, 5) is 16.2. The fourth-order valence-corrected chi connectivity index (χ4v) is 5.36. The molecule has 2 N–H and O–H groups in total. The number of hydrogen-bond acceptors (Lipinski definition) is 6. The van der Waals surface area contributed by atoms with Crippen molar-refractivity contribution < 1.29 is 22.8 Å². The number of carbonyl (C=O) groups is 1. The summed E-state index contributed by atoms with van der Waals surface area (Å²) in [6.45, 7) is 1.03. The average Bonchev–Trinajstić information content (AvgIpc) is 2.68. The van der Waals surface area contributed by atoms with Crippen LogP contribution in [0.25, 0.3) is 0 Å². The summed E-state index contributed by atoms with van der Waals surface area (Å²) in [5.74, 6) is 5.07. The van der Waals surface area contributed by atoms with Crippen LogP contribution >= 0.6 is 0 Å². The van der Waals surface area contributed by atoms with Crippen LogP contribution in [-0.2, 0) is 19.8 Å². The molecule has 0 spiro atoms. The molecule has 26 heavy (non-hydrogen) atoms. The summed E-state index contributed by atoms with van der Waals surface area (Å²) in [5, 5.41) is 0. The molecule has 0 radical (unpaired) electrons. The number of para-hydroxylation sites is 1. The van der Waals surface area contributed by atoms with Crippen LogP contribution in [0.15, 0.2) is 30.3 Å². The molecule has 0 amide bonds. The van der Waals surface area contributed by atoms with Crippen LogP contribution in [-0.4, -0.2) is 54.8 Å². The molecule has 1 atom stereocenters. The molecule has 0 aliphatic carbocycles. The van der Waals surface area contributed by atoms with Crippen LogP contribution in [0.1, 0.15) is 32.1 Å². The van der Waals surface area contributed by atoms with E-state index < -0.39 is 22.2 Å². The number of rotatable bonds is 5. The van der Waals surface area contributed by atoms with E-state index in [-0.39, 0.29) is 6.10 Å². The maximum absolute atomic E-state index is 13.0. The van der Waals surface area contributed by atoms with Crippen LogP contribution < -0.4 is 10.6 Å². The predicted octanol–water partition coefficient (Wildman–Crippen LogP) is 1.05. The Morgan fingerprint density at radius 1 is 1.04 bits per heavy atom. The molecule has 2 fully saturated rings. The predicted molar refractivity (Wildman–Crippen MR) is 95.2 cm³/mol. The van der Waals surface area contributed by atoms with Crippen LogP contribution in [0, 0.1) is 0 Å². The van der Waals surface area contributed by atoms with E-state index in [4.69, 9.17) is 10.6 Å². The number of carbonyl (C=O) groups excluding carboxylic acids is 1. The maximum Gasteiger partial charge on any atom is 0.342 e. The van der Waals surface area contributed by atoms with Crippen LogP contribution in [0.3, 0.4) is 0 Å². The Hall–Kier alpha value is -1.68. The second kappa shape index (κ2) is 8.34. The first-order valence-corrected chi connectivity index (χ1v) is 10.3. The minimum absolute atomic E-state index is 0.0185. The minimum atomic E-state index is -3.73. The highest BCUT2D eigenvalue weighted by Gasteiger charge is 2.41. The monoisotopic (exact) mass is 383 g/mol. The molecule has 1 aromatic carbocycles. The van der Waals surface area contributed by atoms with Gasteiger partial charge in [-0.05, 0) is 44.2 Å². The first-order chi connectivity index (χ1) is 12.5. The number of nitrogens with zero attached hydrogens (tertiary/aromatic N) is 2. The third-order valence-electron chi connectivity index (χ3n) is 4.91. The van der Waals surface area contributed by atoms with E-state index in [9.17, 15) is 13.2 Å². The van der Waals surface area contributed by atoms with Crippen molar-refractivity contribution in [1.82, 2.24) is 8.61 Å². The Balaban J connectivity index is 1.62. The highest BCUT2D eigenvalue weighted by atomic mass is 32.2. The van der Waals surface area contributed by atoms with E-state index >= 15 is 0 Å². The zero-order chi connectivity index (χ0) is 18.6. The van der Waals surface area contributed by atoms with Crippen molar-refractivity contribution in [2.75, 3.05) is 19.6 Å². The summed E-state index contributed by atoms with van der Waals surface area (Å²) in [5.41, 5.74) is 0. The average molecular weight is 383 g/mol. The molecule has 2 aliphatic rings. The van der Waals surface area contributed by atoms with Gasteiger partial charge in [0, 0.05) is 19.6 Å². The van der Waals surface area contributed by atoms with Crippen LogP contribution in [0.2, 0.25) is 0 Å². The number of hydrogen-bond donors (Lipinski definition) is 1. The molecular formula is C17H25N3O5S. The SMILES string of the molecule is NOC(=O)C1CCCCN1S(=O)(=O)N1CCC(Oc2ccccc2)CC1. The Kier molecular flexibility index (Phi) is 6.13. The molecule has 8 nitrogen and oxygen atoms in total. The minimum Gasteiger partial charge on any atom is -0.490 e. The van der Waals surface area contributed by atoms with Crippen molar-refractivity contribution in [3.8, 4) is 5.75 Å². The molecule has 2 aliphatic heterocycles. The number of nitrogens with two attached hydrogens (primary N) is 1. The van der Waals surface area contributed by atoms with Gasteiger partial charge in [-0.1, -0.05) is 18.2 Å². The van der Waals surface area contributed by atoms with Crippen LogP contribution in [0.5, 0.6) is 5.75 Å². The Bertz CT molecular complexity index is 704. The molecule has 0 saturated carbocycles. The van der Waals surface area contributed by atoms with Gasteiger partial charge in [0.25, 0.3) is 10.2 Å². The van der Waals surface area contributed by atoms with E-state index in [1.807, 2.05) is 30.3 Å². The highest BCUT2D eigenvalue weighted by molar-refractivity contribution is 7.86. The van der Waals surface area contributed by atoms with Gasteiger partial charge in [0.05, 0.1) is 0 Å². The summed E-state index contributed by atoms with van der Waals surface area (Å²) in [6, 6.07) is 8.67. The Morgan fingerprint density at radius 3 is 2.38 bits per heavy atom.